The average molecular weight is 312 g/mol. The topological polar surface area (TPSA) is 58.2 Å². The Hall–Kier alpha value is -2.40. The summed E-state index contributed by atoms with van der Waals surface area (Å²) in [4.78, 5) is 23.9. The van der Waals surface area contributed by atoms with Crippen LogP contribution in [0.1, 0.15) is 28.8 Å². The Morgan fingerprint density at radius 2 is 2.09 bits per heavy atom. The van der Waals surface area contributed by atoms with Crippen LogP contribution in [0.2, 0.25) is 0 Å². The molecule has 0 aliphatic heterocycles. The van der Waals surface area contributed by atoms with Crippen molar-refractivity contribution in [1.82, 2.24) is 5.32 Å². The number of nitrogens with one attached hydrogen (secondary N) is 2. The van der Waals surface area contributed by atoms with Crippen LogP contribution in [0, 0.1) is 0 Å². The van der Waals surface area contributed by atoms with Gasteiger partial charge >= 0.3 is 0 Å². The van der Waals surface area contributed by atoms with E-state index in [1.165, 1.54) is 6.08 Å². The first kappa shape index (κ1) is 14.5. The average Bonchev–Trinajstić information content (AvgIpc) is 3.17. The van der Waals surface area contributed by atoms with Gasteiger partial charge in [-0.2, -0.15) is 11.3 Å². The summed E-state index contributed by atoms with van der Waals surface area (Å²) >= 11 is 1.58. The van der Waals surface area contributed by atoms with Crippen LogP contribution in [0.3, 0.4) is 0 Å². The third-order valence-electron chi connectivity index (χ3n) is 3.28. The molecule has 1 aliphatic rings. The van der Waals surface area contributed by atoms with Gasteiger partial charge in [-0.3, -0.25) is 9.59 Å². The van der Waals surface area contributed by atoms with E-state index < -0.39 is 0 Å². The van der Waals surface area contributed by atoms with Crippen molar-refractivity contribution in [3.05, 3.63) is 58.3 Å². The number of anilines is 1. The first-order valence-electron chi connectivity index (χ1n) is 7.13. The van der Waals surface area contributed by atoms with E-state index in [4.69, 9.17) is 0 Å². The maximum absolute atomic E-state index is 12.0. The molecule has 1 aromatic heterocycles. The Morgan fingerprint density at radius 3 is 2.82 bits per heavy atom. The summed E-state index contributed by atoms with van der Waals surface area (Å²) in [6.07, 6.45) is 5.35. The normalized spacial score (nSPS) is 14.0. The minimum Gasteiger partial charge on any atom is -0.349 e. The third-order valence-corrected chi connectivity index (χ3v) is 3.98. The van der Waals surface area contributed by atoms with E-state index in [0.717, 1.165) is 18.4 Å². The SMILES string of the molecule is O=C(C=Cc1ccsc1)Nc1cccc(C(=O)NC2CC2)c1. The standard InChI is InChI=1S/C17H16N2O2S/c20-16(7-4-12-8-9-22-11-12)18-15-3-1-2-13(10-15)17(21)19-14-5-6-14/h1-4,7-11,14H,5-6H2,(H,18,20)(H,19,21). The fraction of sp³-hybridized carbons (Fsp3) is 0.176. The van der Waals surface area contributed by atoms with Crippen molar-refractivity contribution in [2.24, 2.45) is 0 Å². The van der Waals surface area contributed by atoms with Crippen molar-refractivity contribution < 1.29 is 9.59 Å². The van der Waals surface area contributed by atoms with E-state index in [0.29, 0.717) is 17.3 Å². The molecule has 1 aromatic carbocycles. The highest BCUT2D eigenvalue weighted by Crippen LogP contribution is 2.20. The molecule has 5 heteroatoms. The Kier molecular flexibility index (Phi) is 4.34. The summed E-state index contributed by atoms with van der Waals surface area (Å²) in [5.41, 5.74) is 2.17. The van der Waals surface area contributed by atoms with Crippen LogP contribution < -0.4 is 10.6 Å². The van der Waals surface area contributed by atoms with Gasteiger partial charge in [0.25, 0.3) is 5.91 Å². The Morgan fingerprint density at radius 1 is 1.23 bits per heavy atom. The van der Waals surface area contributed by atoms with Crippen LogP contribution in [0.25, 0.3) is 6.08 Å². The van der Waals surface area contributed by atoms with E-state index in [-0.39, 0.29) is 11.8 Å². The van der Waals surface area contributed by atoms with Gasteiger partial charge in [0.05, 0.1) is 0 Å². The number of thiophene rings is 1. The van der Waals surface area contributed by atoms with Crippen molar-refractivity contribution in [3.63, 3.8) is 0 Å². The van der Waals surface area contributed by atoms with Gasteiger partial charge in [-0.25, -0.2) is 0 Å². The summed E-state index contributed by atoms with van der Waals surface area (Å²) in [5, 5.41) is 9.62. The van der Waals surface area contributed by atoms with Crippen molar-refractivity contribution in [3.8, 4) is 0 Å². The number of amides is 2. The Bertz CT molecular complexity index is 703. The number of rotatable bonds is 5. The number of carbonyl (C=O) groups excluding carboxylic acids is 2. The second-order valence-electron chi connectivity index (χ2n) is 5.21. The maximum atomic E-state index is 12.0. The van der Waals surface area contributed by atoms with Crippen molar-refractivity contribution in [2.75, 3.05) is 5.32 Å². The highest BCUT2D eigenvalue weighted by Gasteiger charge is 2.23. The summed E-state index contributed by atoms with van der Waals surface area (Å²) in [7, 11) is 0. The molecule has 112 valence electrons. The molecule has 0 spiro atoms. The van der Waals surface area contributed by atoms with Crippen molar-refractivity contribution >= 4 is 34.9 Å². The Balaban J connectivity index is 1.61. The fourth-order valence-electron chi connectivity index (χ4n) is 1.96. The lowest BCUT2D eigenvalue weighted by atomic mass is 10.2. The molecule has 22 heavy (non-hydrogen) atoms. The van der Waals surface area contributed by atoms with Gasteiger partial charge in [0.1, 0.15) is 0 Å². The number of benzene rings is 1. The third kappa shape index (κ3) is 4.05. The zero-order valence-corrected chi connectivity index (χ0v) is 12.7. The smallest absolute Gasteiger partial charge is 0.251 e. The summed E-state index contributed by atoms with van der Waals surface area (Å²) in [6, 6.07) is 9.23. The Labute approximate surface area is 132 Å². The minimum atomic E-state index is -0.217. The van der Waals surface area contributed by atoms with Gasteiger partial charge in [0.15, 0.2) is 0 Å². The molecule has 0 saturated heterocycles. The van der Waals surface area contributed by atoms with Crippen molar-refractivity contribution in [2.45, 2.75) is 18.9 Å². The molecule has 0 atom stereocenters. The highest BCUT2D eigenvalue weighted by atomic mass is 32.1. The molecule has 1 heterocycles. The number of carbonyl (C=O) groups is 2. The lowest BCUT2D eigenvalue weighted by Crippen LogP contribution is -2.25. The van der Waals surface area contributed by atoms with E-state index in [2.05, 4.69) is 10.6 Å². The molecular weight excluding hydrogens is 296 g/mol. The molecular formula is C17H16N2O2S. The van der Waals surface area contributed by atoms with Gasteiger partial charge < -0.3 is 10.6 Å². The van der Waals surface area contributed by atoms with E-state index >= 15 is 0 Å². The molecule has 1 aliphatic carbocycles. The van der Waals surface area contributed by atoms with Crippen molar-refractivity contribution in [1.29, 1.82) is 0 Å². The van der Waals surface area contributed by atoms with Gasteiger partial charge in [-0.1, -0.05) is 6.07 Å². The lowest BCUT2D eigenvalue weighted by molar-refractivity contribution is -0.111. The fourth-order valence-corrected chi connectivity index (χ4v) is 2.59. The first-order valence-corrected chi connectivity index (χ1v) is 8.07. The lowest BCUT2D eigenvalue weighted by Gasteiger charge is -2.06. The summed E-state index contributed by atoms with van der Waals surface area (Å²) in [5.74, 6) is -0.307. The van der Waals surface area contributed by atoms with E-state index in [9.17, 15) is 9.59 Å². The number of hydrogen-bond donors (Lipinski definition) is 2. The summed E-state index contributed by atoms with van der Waals surface area (Å²) in [6.45, 7) is 0. The van der Waals surface area contributed by atoms with Gasteiger partial charge in [-0.15, -0.1) is 0 Å². The number of hydrogen-bond acceptors (Lipinski definition) is 3. The molecule has 0 bridgehead atoms. The van der Waals surface area contributed by atoms with Crippen LogP contribution in [0.4, 0.5) is 5.69 Å². The second kappa shape index (κ2) is 6.58. The molecule has 0 unspecified atom stereocenters. The molecule has 2 N–H and O–H groups in total. The highest BCUT2D eigenvalue weighted by molar-refractivity contribution is 7.08. The zero-order chi connectivity index (χ0) is 15.4. The molecule has 3 rings (SSSR count). The maximum Gasteiger partial charge on any atom is 0.251 e. The largest absolute Gasteiger partial charge is 0.349 e. The van der Waals surface area contributed by atoms with Crippen LogP contribution in [-0.2, 0) is 4.79 Å². The molecule has 0 radical (unpaired) electrons. The first-order chi connectivity index (χ1) is 10.7. The van der Waals surface area contributed by atoms with Gasteiger partial charge in [0, 0.05) is 23.4 Å². The van der Waals surface area contributed by atoms with Crippen LogP contribution in [0.5, 0.6) is 0 Å². The summed E-state index contributed by atoms with van der Waals surface area (Å²) < 4.78 is 0. The molecule has 1 saturated carbocycles. The predicted octanol–water partition coefficient (Wildman–Crippen LogP) is 3.29. The monoisotopic (exact) mass is 312 g/mol. The zero-order valence-electron chi connectivity index (χ0n) is 11.9. The van der Waals surface area contributed by atoms with Crippen LogP contribution in [0.15, 0.2) is 47.2 Å². The van der Waals surface area contributed by atoms with Crippen LogP contribution in [-0.4, -0.2) is 17.9 Å². The molecule has 4 nitrogen and oxygen atoms in total. The van der Waals surface area contributed by atoms with Gasteiger partial charge in [-0.05, 0) is 59.5 Å². The quantitative estimate of drug-likeness (QED) is 0.832. The molecule has 2 aromatic rings. The molecule has 2 amide bonds. The second-order valence-corrected chi connectivity index (χ2v) is 5.99. The molecule has 1 fully saturated rings. The van der Waals surface area contributed by atoms with Gasteiger partial charge in [0.2, 0.25) is 5.91 Å². The van der Waals surface area contributed by atoms with Crippen LogP contribution >= 0.6 is 11.3 Å². The van der Waals surface area contributed by atoms with E-state index in [1.54, 1.807) is 41.7 Å². The minimum absolute atomic E-state index is 0.0904. The van der Waals surface area contributed by atoms with E-state index in [1.807, 2.05) is 16.8 Å². The predicted molar refractivity (Wildman–Crippen MR) is 88.9 cm³/mol.